The lowest BCUT2D eigenvalue weighted by Gasteiger charge is -2.33. The van der Waals surface area contributed by atoms with Gasteiger partial charge in [-0.25, -0.2) is 0 Å². The molecule has 3 nitrogen and oxygen atoms in total. The molecule has 0 spiro atoms. The van der Waals surface area contributed by atoms with E-state index in [0.717, 1.165) is 51.2 Å². The minimum absolute atomic E-state index is 1.03. The molecule has 0 aliphatic heterocycles. The van der Waals surface area contributed by atoms with Gasteiger partial charge in [0.15, 0.2) is 0 Å². The number of fused-ring (bicyclic) bond motifs is 6. The Hall–Kier alpha value is -7.96. The highest BCUT2D eigenvalue weighted by Crippen LogP contribution is 2.48. The van der Waals surface area contributed by atoms with Crippen LogP contribution in [0, 0.1) is 0 Å². The molecule has 0 saturated carbocycles. The minimum atomic E-state index is 1.03. The fraction of sp³-hybridized carbons (Fsp3) is 0. The Morgan fingerprint density at radius 1 is 0.231 bits per heavy atom. The third-order valence-corrected chi connectivity index (χ3v) is 14.6. The Morgan fingerprint density at radius 2 is 0.615 bits per heavy atom. The highest BCUT2D eigenvalue weighted by Gasteiger charge is 2.23. The van der Waals surface area contributed by atoms with Crippen LogP contribution in [0.1, 0.15) is 0 Å². The van der Waals surface area contributed by atoms with Gasteiger partial charge < -0.3 is 14.7 Å². The van der Waals surface area contributed by atoms with Crippen LogP contribution in [-0.4, -0.2) is 0 Å². The molecule has 10 aromatic carbocycles. The summed E-state index contributed by atoms with van der Waals surface area (Å²) in [6, 6.07) is 90.1. The molecule has 2 heterocycles. The van der Waals surface area contributed by atoms with Crippen molar-refractivity contribution in [1.82, 2.24) is 0 Å². The fourth-order valence-corrected chi connectivity index (χ4v) is 11.6. The number of anilines is 9. The highest BCUT2D eigenvalue weighted by atomic mass is 32.1. The summed E-state index contributed by atoms with van der Waals surface area (Å²) >= 11 is 3.72. The van der Waals surface area contributed by atoms with Gasteiger partial charge in [0.1, 0.15) is 0 Å². The van der Waals surface area contributed by atoms with Crippen molar-refractivity contribution in [2.45, 2.75) is 0 Å². The van der Waals surface area contributed by atoms with Crippen LogP contribution in [0.3, 0.4) is 0 Å². The van der Waals surface area contributed by atoms with Gasteiger partial charge in [-0.3, -0.25) is 0 Å². The smallest absolute Gasteiger partial charge is 0.0503 e. The molecule has 65 heavy (non-hydrogen) atoms. The summed E-state index contributed by atoms with van der Waals surface area (Å²) in [6.07, 6.45) is 0. The summed E-state index contributed by atoms with van der Waals surface area (Å²) in [6.45, 7) is 0. The Kier molecular flexibility index (Phi) is 9.90. The van der Waals surface area contributed by atoms with Gasteiger partial charge in [0.2, 0.25) is 0 Å². The van der Waals surface area contributed by atoms with Crippen LogP contribution in [-0.2, 0) is 0 Å². The van der Waals surface area contributed by atoms with Crippen LogP contribution in [0.2, 0.25) is 0 Å². The lowest BCUT2D eigenvalue weighted by Crippen LogP contribution is -2.16. The molecule has 0 atom stereocenters. The zero-order valence-electron chi connectivity index (χ0n) is 35.3. The summed E-state index contributed by atoms with van der Waals surface area (Å²) in [4.78, 5) is 7.17. The molecule has 0 fully saturated rings. The zero-order valence-corrected chi connectivity index (χ0v) is 37.0. The van der Waals surface area contributed by atoms with Crippen molar-refractivity contribution in [3.05, 3.63) is 249 Å². The third-order valence-electron chi connectivity index (χ3n) is 12.2. The molecule has 0 aliphatic carbocycles. The lowest BCUT2D eigenvalue weighted by atomic mass is 10.0. The standard InChI is InChI=1S/C60H41N3S2/c1-5-18-43(19-6-1)61(44-20-7-2-8-21-44)49-38-50(40-51(39-49)63(46-24-11-4-12-25-46)48-36-37-59-56(41-48)54-27-14-15-30-57(54)64-59)62(45-22-9-3-10-23-45)47-34-32-42(33-35-47)52-28-17-29-55-53-26-13-16-31-58(53)65-60(52)55/h1-41H. The minimum Gasteiger partial charge on any atom is -0.310 e. The van der Waals surface area contributed by atoms with E-state index in [-0.39, 0.29) is 0 Å². The van der Waals surface area contributed by atoms with E-state index in [0.29, 0.717) is 0 Å². The number of rotatable bonds is 10. The predicted octanol–water partition coefficient (Wildman–Crippen LogP) is 18.5. The molecule has 0 bridgehead atoms. The monoisotopic (exact) mass is 867 g/mol. The van der Waals surface area contributed by atoms with Gasteiger partial charge in [0.05, 0.1) is 17.1 Å². The second-order valence-electron chi connectivity index (χ2n) is 16.2. The van der Waals surface area contributed by atoms with E-state index >= 15 is 0 Å². The number of nitrogens with zero attached hydrogens (tertiary/aromatic N) is 3. The van der Waals surface area contributed by atoms with E-state index in [2.05, 4.69) is 263 Å². The average Bonchev–Trinajstić information content (AvgIpc) is 3.94. The number of para-hydroxylation sites is 4. The molecule has 0 radical (unpaired) electrons. The van der Waals surface area contributed by atoms with Crippen LogP contribution in [0.15, 0.2) is 249 Å². The van der Waals surface area contributed by atoms with Crippen LogP contribution in [0.5, 0.6) is 0 Å². The van der Waals surface area contributed by atoms with Gasteiger partial charge in [-0.05, 0) is 120 Å². The lowest BCUT2D eigenvalue weighted by molar-refractivity contribution is 1.22. The first-order chi connectivity index (χ1) is 32.2. The first-order valence-corrected chi connectivity index (χ1v) is 23.5. The van der Waals surface area contributed by atoms with Crippen LogP contribution >= 0.6 is 22.7 Å². The van der Waals surface area contributed by atoms with Gasteiger partial charge >= 0.3 is 0 Å². The molecule has 12 rings (SSSR count). The first-order valence-electron chi connectivity index (χ1n) is 21.9. The number of hydrogen-bond donors (Lipinski definition) is 0. The normalized spacial score (nSPS) is 11.4. The van der Waals surface area contributed by atoms with Gasteiger partial charge in [0, 0.05) is 74.5 Å². The van der Waals surface area contributed by atoms with Gasteiger partial charge in [-0.1, -0.05) is 140 Å². The van der Waals surface area contributed by atoms with Crippen molar-refractivity contribution in [3.8, 4) is 11.1 Å². The van der Waals surface area contributed by atoms with E-state index in [1.54, 1.807) is 0 Å². The molecule has 2 aromatic heterocycles. The Labute approximate surface area is 386 Å². The molecule has 5 heteroatoms. The number of thiophene rings is 2. The Balaban J connectivity index is 1.08. The molecule has 0 amide bonds. The maximum atomic E-state index is 2.41. The first kappa shape index (κ1) is 38.7. The van der Waals surface area contributed by atoms with Gasteiger partial charge in [-0.15, -0.1) is 22.7 Å². The van der Waals surface area contributed by atoms with Gasteiger partial charge in [0.25, 0.3) is 0 Å². The molecule has 12 aromatic rings. The molecule has 0 saturated heterocycles. The van der Waals surface area contributed by atoms with E-state index in [1.165, 1.54) is 51.5 Å². The fourth-order valence-electron chi connectivity index (χ4n) is 9.23. The van der Waals surface area contributed by atoms with Crippen molar-refractivity contribution in [3.63, 3.8) is 0 Å². The van der Waals surface area contributed by atoms with Crippen molar-refractivity contribution < 1.29 is 0 Å². The highest BCUT2D eigenvalue weighted by molar-refractivity contribution is 7.26. The van der Waals surface area contributed by atoms with Crippen molar-refractivity contribution >= 4 is 114 Å². The van der Waals surface area contributed by atoms with Gasteiger partial charge in [-0.2, -0.15) is 0 Å². The second kappa shape index (κ2) is 16.6. The molecular formula is C60H41N3S2. The maximum absolute atomic E-state index is 2.41. The average molecular weight is 868 g/mol. The summed E-state index contributed by atoms with van der Waals surface area (Å²) in [5, 5.41) is 5.15. The molecule has 308 valence electrons. The number of benzene rings is 10. The van der Waals surface area contributed by atoms with E-state index in [9.17, 15) is 0 Å². The second-order valence-corrected chi connectivity index (χ2v) is 18.3. The molecule has 0 aliphatic rings. The summed E-state index contributed by atoms with van der Waals surface area (Å²) in [7, 11) is 0. The summed E-state index contributed by atoms with van der Waals surface area (Å²) in [5.41, 5.74) is 12.0. The summed E-state index contributed by atoms with van der Waals surface area (Å²) < 4.78 is 5.20. The van der Waals surface area contributed by atoms with Crippen LogP contribution < -0.4 is 14.7 Å². The molecule has 0 N–H and O–H groups in total. The van der Waals surface area contributed by atoms with Crippen LogP contribution in [0.4, 0.5) is 51.2 Å². The summed E-state index contributed by atoms with van der Waals surface area (Å²) in [5.74, 6) is 0. The quantitative estimate of drug-likeness (QED) is 0.136. The van der Waals surface area contributed by atoms with E-state index < -0.39 is 0 Å². The molecular weight excluding hydrogens is 827 g/mol. The maximum Gasteiger partial charge on any atom is 0.0503 e. The van der Waals surface area contributed by atoms with Crippen molar-refractivity contribution in [2.24, 2.45) is 0 Å². The van der Waals surface area contributed by atoms with Crippen LogP contribution in [0.25, 0.3) is 51.5 Å². The van der Waals surface area contributed by atoms with Crippen molar-refractivity contribution in [2.75, 3.05) is 14.7 Å². The largest absolute Gasteiger partial charge is 0.310 e. The predicted molar refractivity (Wildman–Crippen MR) is 282 cm³/mol. The van der Waals surface area contributed by atoms with Crippen molar-refractivity contribution in [1.29, 1.82) is 0 Å². The Morgan fingerprint density at radius 3 is 1.14 bits per heavy atom. The topological polar surface area (TPSA) is 9.72 Å². The van der Waals surface area contributed by atoms with E-state index in [4.69, 9.17) is 0 Å². The number of hydrogen-bond acceptors (Lipinski definition) is 5. The molecule has 0 unspecified atom stereocenters. The zero-order chi connectivity index (χ0) is 43.1. The Bertz CT molecular complexity index is 3560. The third kappa shape index (κ3) is 7.17. The van der Waals surface area contributed by atoms with E-state index in [1.807, 2.05) is 22.7 Å². The SMILES string of the molecule is c1ccc(N(c2ccccc2)c2cc(N(c3ccccc3)c3ccc(-c4cccc5c4sc4ccccc45)cc3)cc(N(c3ccccc3)c3ccc4sc5ccccc5c4c3)c2)cc1.